The van der Waals surface area contributed by atoms with E-state index in [0.717, 1.165) is 35.3 Å². The van der Waals surface area contributed by atoms with Crippen LogP contribution in [0.4, 0.5) is 4.39 Å². The molecule has 1 unspecified atom stereocenters. The zero-order valence-electron chi connectivity index (χ0n) is 13.8. The van der Waals surface area contributed by atoms with Gasteiger partial charge in [0, 0.05) is 18.5 Å². The predicted molar refractivity (Wildman–Crippen MR) is 93.8 cm³/mol. The van der Waals surface area contributed by atoms with Crippen molar-refractivity contribution in [3.63, 3.8) is 0 Å². The van der Waals surface area contributed by atoms with Crippen molar-refractivity contribution >= 4 is 5.96 Å². The lowest BCUT2D eigenvalue weighted by molar-refractivity contribution is 0.262. The third-order valence-corrected chi connectivity index (χ3v) is 4.25. The van der Waals surface area contributed by atoms with Crippen LogP contribution in [0, 0.1) is 12.7 Å². The second kappa shape index (κ2) is 7.34. The number of para-hydroxylation sites is 1. The highest BCUT2D eigenvalue weighted by molar-refractivity contribution is 5.78. The van der Waals surface area contributed by atoms with Gasteiger partial charge in [-0.05, 0) is 42.7 Å². The van der Waals surface area contributed by atoms with Gasteiger partial charge in [-0.1, -0.05) is 24.3 Å². The smallest absolute Gasteiger partial charge is 0.189 e. The number of aryl methyl sites for hydroxylation is 1. The van der Waals surface area contributed by atoms with Crippen LogP contribution in [0.3, 0.4) is 0 Å². The minimum Gasteiger partial charge on any atom is -0.493 e. The van der Waals surface area contributed by atoms with Gasteiger partial charge in [0.25, 0.3) is 0 Å². The van der Waals surface area contributed by atoms with Gasteiger partial charge in [-0.15, -0.1) is 0 Å². The van der Waals surface area contributed by atoms with E-state index in [2.05, 4.69) is 10.3 Å². The first-order valence-electron chi connectivity index (χ1n) is 8.16. The van der Waals surface area contributed by atoms with Gasteiger partial charge in [0.1, 0.15) is 11.6 Å². The molecule has 1 aliphatic heterocycles. The Bertz CT molecular complexity index is 745. The van der Waals surface area contributed by atoms with Crippen LogP contribution in [0.1, 0.15) is 29.2 Å². The molecule has 3 N–H and O–H groups in total. The van der Waals surface area contributed by atoms with Crippen molar-refractivity contribution < 1.29 is 9.13 Å². The summed E-state index contributed by atoms with van der Waals surface area (Å²) in [5.41, 5.74) is 9.16. The molecular weight excluding hydrogens is 305 g/mol. The number of rotatable bonds is 4. The molecule has 0 spiro atoms. The molecule has 126 valence electrons. The van der Waals surface area contributed by atoms with Crippen molar-refractivity contribution in [3.8, 4) is 5.75 Å². The quantitative estimate of drug-likeness (QED) is 0.670. The maximum absolute atomic E-state index is 13.1. The monoisotopic (exact) mass is 327 g/mol. The van der Waals surface area contributed by atoms with Gasteiger partial charge in [0.2, 0.25) is 0 Å². The highest BCUT2D eigenvalue weighted by Gasteiger charge is 2.21. The van der Waals surface area contributed by atoms with Crippen LogP contribution < -0.4 is 15.8 Å². The fourth-order valence-electron chi connectivity index (χ4n) is 2.95. The Kier molecular flexibility index (Phi) is 4.99. The van der Waals surface area contributed by atoms with Crippen molar-refractivity contribution in [2.45, 2.75) is 25.8 Å². The summed E-state index contributed by atoms with van der Waals surface area (Å²) >= 11 is 0. The fraction of sp³-hybridized carbons (Fsp3) is 0.316. The van der Waals surface area contributed by atoms with E-state index in [4.69, 9.17) is 10.5 Å². The molecule has 2 aromatic carbocycles. The largest absolute Gasteiger partial charge is 0.493 e. The summed E-state index contributed by atoms with van der Waals surface area (Å²) in [5, 5.41) is 3.27. The Morgan fingerprint density at radius 1 is 1.33 bits per heavy atom. The van der Waals surface area contributed by atoms with Crippen LogP contribution in [0.5, 0.6) is 5.75 Å². The second-order valence-corrected chi connectivity index (χ2v) is 5.96. The van der Waals surface area contributed by atoms with Crippen LogP contribution in [0.15, 0.2) is 47.5 Å². The number of halogens is 1. The van der Waals surface area contributed by atoms with E-state index in [1.165, 1.54) is 6.07 Å². The molecule has 0 amide bonds. The third-order valence-electron chi connectivity index (χ3n) is 4.25. The normalized spacial score (nSPS) is 17.1. The number of hydrogen-bond donors (Lipinski definition) is 2. The number of nitrogens with one attached hydrogen (secondary N) is 1. The van der Waals surface area contributed by atoms with Gasteiger partial charge < -0.3 is 15.8 Å². The third kappa shape index (κ3) is 3.85. The van der Waals surface area contributed by atoms with Crippen LogP contribution in [-0.4, -0.2) is 19.1 Å². The lowest BCUT2D eigenvalue weighted by Gasteiger charge is -2.26. The number of aliphatic imine (C=N–C) groups is 1. The van der Waals surface area contributed by atoms with E-state index in [-0.39, 0.29) is 11.9 Å². The number of nitrogens with two attached hydrogens (primary N) is 1. The number of ether oxygens (including phenoxy) is 1. The highest BCUT2D eigenvalue weighted by atomic mass is 19.1. The van der Waals surface area contributed by atoms with Crippen molar-refractivity contribution in [1.29, 1.82) is 0 Å². The topological polar surface area (TPSA) is 59.6 Å². The minimum absolute atomic E-state index is 0.117. The summed E-state index contributed by atoms with van der Waals surface area (Å²) in [6.07, 6.45) is 1.59. The average molecular weight is 327 g/mol. The molecule has 5 heteroatoms. The van der Waals surface area contributed by atoms with Crippen molar-refractivity contribution in [2.24, 2.45) is 10.7 Å². The number of hydrogen-bond acceptors (Lipinski definition) is 2. The van der Waals surface area contributed by atoms with Crippen molar-refractivity contribution in [1.82, 2.24) is 5.32 Å². The number of fused-ring (bicyclic) bond motifs is 1. The molecule has 1 heterocycles. The van der Waals surface area contributed by atoms with Crippen LogP contribution in [0.25, 0.3) is 0 Å². The molecule has 4 nitrogen and oxygen atoms in total. The molecule has 0 saturated carbocycles. The van der Waals surface area contributed by atoms with Crippen LogP contribution in [-0.2, 0) is 6.42 Å². The van der Waals surface area contributed by atoms with E-state index >= 15 is 0 Å². The SMILES string of the molecule is Cc1cc(F)ccc1CCN=C(N)NC1CCOc2ccccc21. The minimum atomic E-state index is -0.209. The van der Waals surface area contributed by atoms with Gasteiger partial charge in [-0.3, -0.25) is 4.99 Å². The Balaban J connectivity index is 1.59. The average Bonchev–Trinajstić information content (AvgIpc) is 2.57. The van der Waals surface area contributed by atoms with Crippen molar-refractivity contribution in [3.05, 3.63) is 65.0 Å². The van der Waals surface area contributed by atoms with E-state index in [1.54, 1.807) is 12.1 Å². The standard InChI is InChI=1S/C19H22FN3O/c1-13-12-15(20)7-6-14(13)8-10-22-19(21)23-17-9-11-24-18-5-3-2-4-16(17)18/h2-7,12,17H,8-11H2,1H3,(H3,21,22,23). The van der Waals surface area contributed by atoms with E-state index < -0.39 is 0 Å². The second-order valence-electron chi connectivity index (χ2n) is 5.96. The molecule has 0 aromatic heterocycles. The maximum atomic E-state index is 13.1. The van der Waals surface area contributed by atoms with Crippen LogP contribution >= 0.6 is 0 Å². The summed E-state index contributed by atoms with van der Waals surface area (Å²) in [6, 6.07) is 12.9. The zero-order valence-corrected chi connectivity index (χ0v) is 13.8. The summed E-state index contributed by atoms with van der Waals surface area (Å²) in [7, 11) is 0. The lowest BCUT2D eigenvalue weighted by Crippen LogP contribution is -2.37. The molecule has 0 fully saturated rings. The van der Waals surface area contributed by atoms with E-state index in [0.29, 0.717) is 19.1 Å². The molecule has 2 aromatic rings. The molecule has 0 bridgehead atoms. The lowest BCUT2D eigenvalue weighted by atomic mass is 10.0. The van der Waals surface area contributed by atoms with E-state index in [1.807, 2.05) is 31.2 Å². The molecular formula is C19H22FN3O. The first-order valence-corrected chi connectivity index (χ1v) is 8.16. The Hall–Kier alpha value is -2.56. The van der Waals surface area contributed by atoms with Crippen molar-refractivity contribution in [2.75, 3.05) is 13.2 Å². The molecule has 3 rings (SSSR count). The fourth-order valence-corrected chi connectivity index (χ4v) is 2.95. The number of benzene rings is 2. The molecule has 1 atom stereocenters. The summed E-state index contributed by atoms with van der Waals surface area (Å²) < 4.78 is 18.8. The molecule has 1 aliphatic rings. The van der Waals surface area contributed by atoms with Crippen LogP contribution in [0.2, 0.25) is 0 Å². The number of guanidine groups is 1. The Labute approximate surface area is 141 Å². The Morgan fingerprint density at radius 2 is 2.17 bits per heavy atom. The number of nitrogens with zero attached hydrogens (tertiary/aromatic N) is 1. The molecule has 0 aliphatic carbocycles. The molecule has 24 heavy (non-hydrogen) atoms. The van der Waals surface area contributed by atoms with Gasteiger partial charge >= 0.3 is 0 Å². The van der Waals surface area contributed by atoms with Gasteiger partial charge in [-0.2, -0.15) is 0 Å². The summed E-state index contributed by atoms with van der Waals surface area (Å²) in [4.78, 5) is 4.40. The summed E-state index contributed by atoms with van der Waals surface area (Å²) in [5.74, 6) is 1.12. The maximum Gasteiger partial charge on any atom is 0.189 e. The zero-order chi connectivity index (χ0) is 16.9. The molecule has 0 radical (unpaired) electrons. The van der Waals surface area contributed by atoms with Gasteiger partial charge in [0.05, 0.1) is 12.6 Å². The van der Waals surface area contributed by atoms with Gasteiger partial charge in [0.15, 0.2) is 5.96 Å². The highest BCUT2D eigenvalue weighted by Crippen LogP contribution is 2.31. The molecule has 0 saturated heterocycles. The predicted octanol–water partition coefficient (Wildman–Crippen LogP) is 3.10. The van der Waals surface area contributed by atoms with E-state index in [9.17, 15) is 4.39 Å². The first-order chi connectivity index (χ1) is 11.6. The summed E-state index contributed by atoms with van der Waals surface area (Å²) in [6.45, 7) is 3.13. The Morgan fingerprint density at radius 3 is 3.00 bits per heavy atom. The first kappa shape index (κ1) is 16.3. The van der Waals surface area contributed by atoms with Gasteiger partial charge in [-0.25, -0.2) is 4.39 Å².